The lowest BCUT2D eigenvalue weighted by Gasteiger charge is -2.35. The molecular formula is C20H27N3O. The number of rotatable bonds is 6. The van der Waals surface area contributed by atoms with Gasteiger partial charge in [0, 0.05) is 30.7 Å². The van der Waals surface area contributed by atoms with E-state index in [1.165, 1.54) is 23.1 Å². The summed E-state index contributed by atoms with van der Waals surface area (Å²) >= 11 is 0. The van der Waals surface area contributed by atoms with E-state index in [2.05, 4.69) is 47.0 Å². The van der Waals surface area contributed by atoms with Gasteiger partial charge >= 0.3 is 0 Å². The molecule has 0 spiro atoms. The Bertz CT molecular complexity index is 659. The fourth-order valence-corrected chi connectivity index (χ4v) is 3.55. The Labute approximate surface area is 144 Å². The zero-order valence-electron chi connectivity index (χ0n) is 14.3. The van der Waals surface area contributed by atoms with Crippen molar-refractivity contribution in [3.05, 3.63) is 65.2 Å². The number of benzene rings is 2. The van der Waals surface area contributed by atoms with E-state index in [0.717, 1.165) is 25.3 Å². The molecule has 0 saturated carbocycles. The van der Waals surface area contributed by atoms with Crippen LogP contribution in [0, 0.1) is 0 Å². The van der Waals surface area contributed by atoms with Gasteiger partial charge in [-0.05, 0) is 36.6 Å². The molecule has 2 aromatic rings. The predicted molar refractivity (Wildman–Crippen MR) is 97.9 cm³/mol. The second kappa shape index (κ2) is 8.29. The Morgan fingerprint density at radius 3 is 2.67 bits per heavy atom. The van der Waals surface area contributed by atoms with Gasteiger partial charge in [-0.15, -0.1) is 0 Å². The molecule has 1 aliphatic heterocycles. The van der Waals surface area contributed by atoms with Crippen LogP contribution >= 0.6 is 0 Å². The van der Waals surface area contributed by atoms with E-state index >= 15 is 0 Å². The molecule has 0 bridgehead atoms. The first kappa shape index (κ1) is 17.0. The van der Waals surface area contributed by atoms with Crippen molar-refractivity contribution >= 4 is 0 Å². The maximum absolute atomic E-state index is 5.94. The number of nitrogens with one attached hydrogen (secondary N) is 2. The zero-order valence-corrected chi connectivity index (χ0v) is 14.3. The van der Waals surface area contributed by atoms with Gasteiger partial charge in [-0.25, -0.2) is 0 Å². The first-order valence-electron chi connectivity index (χ1n) is 8.70. The molecular weight excluding hydrogens is 298 g/mol. The lowest BCUT2D eigenvalue weighted by atomic mass is 9.89. The van der Waals surface area contributed by atoms with Crippen LogP contribution in [0.25, 0.3) is 0 Å². The highest BCUT2D eigenvalue weighted by molar-refractivity contribution is 5.34. The standard InChI is InChI=1S/C20H27N3O/c1-24-19-11-5-3-8-16(19)14-23-18-10-6-12-22-20(18)17-9-4-2-7-15(17)13-21/h2-5,7-9,11,18,20,22-23H,6,10,12-14,21H2,1H3. The highest BCUT2D eigenvalue weighted by Crippen LogP contribution is 2.27. The summed E-state index contributed by atoms with van der Waals surface area (Å²) in [5.74, 6) is 0.938. The van der Waals surface area contributed by atoms with Gasteiger partial charge in [0.2, 0.25) is 0 Å². The van der Waals surface area contributed by atoms with E-state index in [-0.39, 0.29) is 0 Å². The van der Waals surface area contributed by atoms with Crippen LogP contribution in [0.4, 0.5) is 0 Å². The summed E-state index contributed by atoms with van der Waals surface area (Å²) in [7, 11) is 1.72. The minimum atomic E-state index is 0.299. The molecule has 4 heteroatoms. The molecule has 0 radical (unpaired) electrons. The third-order valence-electron chi connectivity index (χ3n) is 4.82. The Morgan fingerprint density at radius 2 is 1.88 bits per heavy atom. The normalized spacial score (nSPS) is 20.8. The zero-order chi connectivity index (χ0) is 16.8. The Kier molecular flexibility index (Phi) is 5.86. The molecule has 0 aliphatic carbocycles. The van der Waals surface area contributed by atoms with Gasteiger partial charge in [-0.3, -0.25) is 0 Å². The minimum Gasteiger partial charge on any atom is -0.496 e. The molecule has 4 N–H and O–H groups in total. The minimum absolute atomic E-state index is 0.299. The highest BCUT2D eigenvalue weighted by Gasteiger charge is 2.27. The molecule has 2 aromatic carbocycles. The van der Waals surface area contributed by atoms with Crippen LogP contribution in [0.5, 0.6) is 5.75 Å². The van der Waals surface area contributed by atoms with Gasteiger partial charge in [0.05, 0.1) is 7.11 Å². The molecule has 1 saturated heterocycles. The van der Waals surface area contributed by atoms with E-state index in [1.807, 2.05) is 12.1 Å². The second-order valence-corrected chi connectivity index (χ2v) is 6.28. The van der Waals surface area contributed by atoms with Crippen molar-refractivity contribution in [1.29, 1.82) is 0 Å². The number of hydrogen-bond acceptors (Lipinski definition) is 4. The fourth-order valence-electron chi connectivity index (χ4n) is 3.55. The molecule has 1 fully saturated rings. The quantitative estimate of drug-likeness (QED) is 0.764. The smallest absolute Gasteiger partial charge is 0.123 e. The summed E-state index contributed by atoms with van der Waals surface area (Å²) in [4.78, 5) is 0. The van der Waals surface area contributed by atoms with E-state index in [9.17, 15) is 0 Å². The van der Waals surface area contributed by atoms with E-state index in [0.29, 0.717) is 18.6 Å². The maximum atomic E-state index is 5.94. The monoisotopic (exact) mass is 325 g/mol. The van der Waals surface area contributed by atoms with Crippen LogP contribution in [-0.4, -0.2) is 19.7 Å². The van der Waals surface area contributed by atoms with E-state index in [1.54, 1.807) is 7.11 Å². The van der Waals surface area contributed by atoms with Gasteiger partial charge in [0.15, 0.2) is 0 Å². The van der Waals surface area contributed by atoms with Gasteiger partial charge in [-0.1, -0.05) is 42.5 Å². The highest BCUT2D eigenvalue weighted by atomic mass is 16.5. The van der Waals surface area contributed by atoms with Crippen LogP contribution in [0.3, 0.4) is 0 Å². The number of hydrogen-bond donors (Lipinski definition) is 3. The molecule has 0 aromatic heterocycles. The molecule has 2 atom stereocenters. The number of nitrogens with two attached hydrogens (primary N) is 1. The van der Waals surface area contributed by atoms with Crippen LogP contribution in [0.1, 0.15) is 35.6 Å². The molecule has 24 heavy (non-hydrogen) atoms. The van der Waals surface area contributed by atoms with Gasteiger partial charge in [0.25, 0.3) is 0 Å². The molecule has 0 amide bonds. The van der Waals surface area contributed by atoms with Crippen molar-refractivity contribution in [2.75, 3.05) is 13.7 Å². The third kappa shape index (κ3) is 3.78. The third-order valence-corrected chi connectivity index (χ3v) is 4.82. The van der Waals surface area contributed by atoms with Crippen LogP contribution in [0.15, 0.2) is 48.5 Å². The van der Waals surface area contributed by atoms with Crippen molar-refractivity contribution in [2.24, 2.45) is 5.73 Å². The molecule has 4 nitrogen and oxygen atoms in total. The first-order valence-corrected chi connectivity index (χ1v) is 8.70. The van der Waals surface area contributed by atoms with Crippen molar-refractivity contribution in [3.63, 3.8) is 0 Å². The molecule has 128 valence electrons. The first-order chi connectivity index (χ1) is 11.8. The summed E-state index contributed by atoms with van der Waals surface area (Å²) in [5.41, 5.74) is 9.67. The van der Waals surface area contributed by atoms with Crippen LogP contribution in [-0.2, 0) is 13.1 Å². The molecule has 2 unspecified atom stereocenters. The largest absolute Gasteiger partial charge is 0.496 e. The predicted octanol–water partition coefficient (Wildman–Crippen LogP) is 2.74. The molecule has 1 aliphatic rings. The van der Waals surface area contributed by atoms with E-state index in [4.69, 9.17) is 10.5 Å². The van der Waals surface area contributed by atoms with E-state index < -0.39 is 0 Å². The van der Waals surface area contributed by atoms with Gasteiger partial charge in [0.1, 0.15) is 5.75 Å². The summed E-state index contributed by atoms with van der Waals surface area (Å²) < 4.78 is 5.46. The lowest BCUT2D eigenvalue weighted by molar-refractivity contribution is 0.301. The van der Waals surface area contributed by atoms with Crippen molar-refractivity contribution < 1.29 is 4.74 Å². The van der Waals surface area contributed by atoms with Crippen LogP contribution in [0.2, 0.25) is 0 Å². The molecule has 3 rings (SSSR count). The summed E-state index contributed by atoms with van der Waals surface area (Å²) in [5, 5.41) is 7.40. The second-order valence-electron chi connectivity index (χ2n) is 6.28. The summed E-state index contributed by atoms with van der Waals surface area (Å²) in [6, 6.07) is 17.4. The topological polar surface area (TPSA) is 59.3 Å². The number of piperidine rings is 1. The summed E-state index contributed by atoms with van der Waals surface area (Å²) in [6.07, 6.45) is 2.34. The average Bonchev–Trinajstić information content (AvgIpc) is 2.66. The number of ether oxygens (including phenoxy) is 1. The van der Waals surface area contributed by atoms with Crippen molar-refractivity contribution in [1.82, 2.24) is 10.6 Å². The Morgan fingerprint density at radius 1 is 1.12 bits per heavy atom. The van der Waals surface area contributed by atoms with Crippen molar-refractivity contribution in [3.8, 4) is 5.75 Å². The molecule has 1 heterocycles. The maximum Gasteiger partial charge on any atom is 0.123 e. The van der Waals surface area contributed by atoms with Crippen molar-refractivity contribution in [2.45, 2.75) is 38.0 Å². The Hall–Kier alpha value is -1.88. The lowest BCUT2D eigenvalue weighted by Crippen LogP contribution is -2.46. The Balaban J connectivity index is 1.75. The fraction of sp³-hybridized carbons (Fsp3) is 0.400. The SMILES string of the molecule is COc1ccccc1CNC1CCCNC1c1ccccc1CN. The van der Waals surface area contributed by atoms with Crippen LogP contribution < -0.4 is 21.1 Å². The van der Waals surface area contributed by atoms with Gasteiger partial charge in [-0.2, -0.15) is 0 Å². The number of para-hydroxylation sites is 1. The number of methoxy groups -OCH3 is 1. The summed E-state index contributed by atoms with van der Waals surface area (Å²) in [6.45, 7) is 2.43. The average molecular weight is 325 g/mol. The van der Waals surface area contributed by atoms with Gasteiger partial charge < -0.3 is 21.1 Å².